The monoisotopic (exact) mass is 435 g/mol. The summed E-state index contributed by atoms with van der Waals surface area (Å²) in [6, 6.07) is 18.4. The van der Waals surface area contributed by atoms with E-state index >= 15 is 0 Å². The third-order valence-electron chi connectivity index (χ3n) is 5.52. The van der Waals surface area contributed by atoms with Gasteiger partial charge in [-0.05, 0) is 65.7 Å². The van der Waals surface area contributed by atoms with Crippen LogP contribution in [0.4, 0.5) is 0 Å². The van der Waals surface area contributed by atoms with Crippen LogP contribution in [0, 0.1) is 0 Å². The second-order valence-electron chi connectivity index (χ2n) is 7.49. The van der Waals surface area contributed by atoms with Crippen LogP contribution in [0.2, 0.25) is 0 Å². The second kappa shape index (κ2) is 11.4. The summed E-state index contributed by atoms with van der Waals surface area (Å²) in [6.45, 7) is 7.61. The molecule has 0 radical (unpaired) electrons. The van der Waals surface area contributed by atoms with E-state index in [0.717, 1.165) is 42.4 Å². The van der Waals surface area contributed by atoms with Crippen molar-refractivity contribution in [3.05, 3.63) is 82.9 Å². The zero-order chi connectivity index (χ0) is 22.9. The number of rotatable bonds is 10. The average molecular weight is 436 g/mol. The Balaban J connectivity index is 1.67. The number of fused-ring (bicyclic) bond motifs is 1. The molecule has 0 aliphatic carbocycles. The van der Waals surface area contributed by atoms with Gasteiger partial charge in [-0.2, -0.15) is 0 Å². The summed E-state index contributed by atoms with van der Waals surface area (Å²) >= 11 is 0. The van der Waals surface area contributed by atoms with Crippen molar-refractivity contribution in [1.29, 1.82) is 0 Å². The number of hydroxylamine groups is 2. The van der Waals surface area contributed by atoms with Gasteiger partial charge in [0.2, 0.25) is 0 Å². The van der Waals surface area contributed by atoms with Crippen molar-refractivity contribution in [1.82, 2.24) is 15.9 Å². The van der Waals surface area contributed by atoms with Gasteiger partial charge in [-0.1, -0.05) is 50.2 Å². The molecule has 0 unspecified atom stereocenters. The number of amides is 2. The first kappa shape index (κ1) is 23.4. The van der Waals surface area contributed by atoms with E-state index in [1.807, 2.05) is 12.1 Å². The van der Waals surface area contributed by atoms with Crippen LogP contribution in [0.25, 0.3) is 10.8 Å². The van der Waals surface area contributed by atoms with E-state index in [-0.39, 0.29) is 12.2 Å². The van der Waals surface area contributed by atoms with E-state index in [1.54, 1.807) is 5.48 Å². The molecule has 2 amide bonds. The minimum Gasteiger partial charge on any atom is -0.304 e. The number of benzene rings is 3. The van der Waals surface area contributed by atoms with Gasteiger partial charge in [-0.25, -0.2) is 11.0 Å². The highest BCUT2D eigenvalue weighted by molar-refractivity contribution is 5.97. The number of carbonyl (C=O) groups excluding carboxylic acids is 2. The van der Waals surface area contributed by atoms with Gasteiger partial charge in [0.05, 0.1) is 0 Å². The molecule has 3 aromatic rings. The van der Waals surface area contributed by atoms with Crippen LogP contribution in [-0.2, 0) is 17.9 Å². The summed E-state index contributed by atoms with van der Waals surface area (Å²) < 4.78 is 0. The molecule has 7 nitrogen and oxygen atoms in total. The van der Waals surface area contributed by atoms with Crippen LogP contribution in [0.3, 0.4) is 0 Å². The van der Waals surface area contributed by atoms with Crippen molar-refractivity contribution in [2.45, 2.75) is 26.9 Å². The molecule has 0 atom stereocenters. The van der Waals surface area contributed by atoms with Crippen molar-refractivity contribution in [3.8, 4) is 0 Å². The fourth-order valence-electron chi connectivity index (χ4n) is 3.62. The quantitative estimate of drug-likeness (QED) is 0.334. The standard InChI is InChI=1S/C25H29N3O4/c1-3-28(4-2)14-13-18-15-21-7-5-6-8-23(21)22(16-18)17-32-27-25(30)20-11-9-19(10-12-20)24(29)26-31/h5-12,15-16,31H,3-4,13-14,17H2,1-2H3,(H,26,29)(H,27,30). The Morgan fingerprint density at radius 3 is 2.25 bits per heavy atom. The van der Waals surface area contributed by atoms with Gasteiger partial charge in [0.15, 0.2) is 0 Å². The van der Waals surface area contributed by atoms with Crippen LogP contribution < -0.4 is 11.0 Å². The summed E-state index contributed by atoms with van der Waals surface area (Å²) in [5.74, 6) is -1.05. The molecule has 3 aromatic carbocycles. The third-order valence-corrected chi connectivity index (χ3v) is 5.52. The van der Waals surface area contributed by atoms with E-state index in [9.17, 15) is 9.59 Å². The molecule has 0 spiro atoms. The Bertz CT molecular complexity index is 1060. The lowest BCUT2D eigenvalue weighted by molar-refractivity contribution is 0.0237. The predicted octanol–water partition coefficient (Wildman–Crippen LogP) is 3.70. The van der Waals surface area contributed by atoms with Gasteiger partial charge >= 0.3 is 0 Å². The highest BCUT2D eigenvalue weighted by atomic mass is 16.6. The molecule has 0 bridgehead atoms. The Kier molecular flexibility index (Phi) is 8.33. The fraction of sp³-hybridized carbons (Fsp3) is 0.280. The largest absolute Gasteiger partial charge is 0.304 e. The molecule has 0 saturated heterocycles. The molecule has 168 valence electrons. The first-order valence-electron chi connectivity index (χ1n) is 10.7. The minimum absolute atomic E-state index is 0.233. The van der Waals surface area contributed by atoms with Crippen LogP contribution in [0.1, 0.15) is 45.7 Å². The van der Waals surface area contributed by atoms with E-state index in [4.69, 9.17) is 10.0 Å². The molecule has 0 fully saturated rings. The second-order valence-corrected chi connectivity index (χ2v) is 7.49. The minimum atomic E-state index is -0.638. The van der Waals surface area contributed by atoms with Gasteiger partial charge in [0.25, 0.3) is 11.8 Å². The fourth-order valence-corrected chi connectivity index (χ4v) is 3.62. The van der Waals surface area contributed by atoms with Gasteiger partial charge in [0.1, 0.15) is 6.61 Å². The molecule has 32 heavy (non-hydrogen) atoms. The number of nitrogens with one attached hydrogen (secondary N) is 2. The summed E-state index contributed by atoms with van der Waals surface area (Å²) in [7, 11) is 0. The number of carbonyl (C=O) groups is 2. The van der Waals surface area contributed by atoms with Gasteiger partial charge in [0, 0.05) is 17.7 Å². The van der Waals surface area contributed by atoms with Crippen molar-refractivity contribution < 1.29 is 19.6 Å². The molecule has 3 rings (SSSR count). The summed E-state index contributed by atoms with van der Waals surface area (Å²) in [4.78, 5) is 31.7. The normalized spacial score (nSPS) is 11.0. The summed E-state index contributed by atoms with van der Waals surface area (Å²) in [5, 5.41) is 10.9. The Morgan fingerprint density at radius 1 is 0.938 bits per heavy atom. The summed E-state index contributed by atoms with van der Waals surface area (Å²) in [5.41, 5.74) is 6.86. The molecule has 0 aliphatic heterocycles. The topological polar surface area (TPSA) is 90.9 Å². The van der Waals surface area contributed by atoms with Crippen LogP contribution in [0.5, 0.6) is 0 Å². The van der Waals surface area contributed by atoms with E-state index in [2.05, 4.69) is 48.5 Å². The molecule has 0 aromatic heterocycles. The van der Waals surface area contributed by atoms with E-state index in [1.165, 1.54) is 29.8 Å². The van der Waals surface area contributed by atoms with Crippen molar-refractivity contribution in [3.63, 3.8) is 0 Å². The van der Waals surface area contributed by atoms with Crippen molar-refractivity contribution in [2.75, 3.05) is 19.6 Å². The van der Waals surface area contributed by atoms with E-state index in [0.29, 0.717) is 5.56 Å². The number of hydrogen-bond acceptors (Lipinski definition) is 5. The van der Waals surface area contributed by atoms with Crippen LogP contribution in [0.15, 0.2) is 60.7 Å². The Labute approximate surface area is 187 Å². The number of nitrogens with zero attached hydrogens (tertiary/aromatic N) is 1. The summed E-state index contributed by atoms with van der Waals surface area (Å²) in [6.07, 6.45) is 0.944. The maximum absolute atomic E-state index is 12.4. The molecule has 0 heterocycles. The zero-order valence-electron chi connectivity index (χ0n) is 18.4. The van der Waals surface area contributed by atoms with Crippen LogP contribution in [-0.4, -0.2) is 41.6 Å². The molecule has 7 heteroatoms. The maximum atomic E-state index is 12.4. The third kappa shape index (κ3) is 5.91. The lowest BCUT2D eigenvalue weighted by atomic mass is 9.99. The first-order valence-corrected chi connectivity index (χ1v) is 10.7. The Morgan fingerprint density at radius 2 is 1.59 bits per heavy atom. The highest BCUT2D eigenvalue weighted by Gasteiger charge is 2.10. The molecular formula is C25H29N3O4. The maximum Gasteiger partial charge on any atom is 0.274 e. The first-order chi connectivity index (χ1) is 15.5. The molecule has 3 N–H and O–H groups in total. The SMILES string of the molecule is CCN(CC)CCc1cc(CONC(=O)c2ccc(C(=O)NO)cc2)c2ccccc2c1. The van der Waals surface area contributed by atoms with Gasteiger partial charge in [-0.15, -0.1) is 0 Å². The number of likely N-dealkylation sites (N-methyl/N-ethyl adjacent to an activating group) is 1. The van der Waals surface area contributed by atoms with Crippen molar-refractivity contribution in [2.24, 2.45) is 0 Å². The number of hydrogen-bond donors (Lipinski definition) is 3. The molecule has 0 saturated carbocycles. The van der Waals surface area contributed by atoms with E-state index < -0.39 is 11.8 Å². The predicted molar refractivity (Wildman–Crippen MR) is 123 cm³/mol. The van der Waals surface area contributed by atoms with Gasteiger partial charge < -0.3 is 4.90 Å². The molecule has 0 aliphatic rings. The smallest absolute Gasteiger partial charge is 0.274 e. The lowest BCUT2D eigenvalue weighted by Crippen LogP contribution is -2.25. The van der Waals surface area contributed by atoms with Crippen molar-refractivity contribution >= 4 is 22.6 Å². The Hall–Kier alpha value is -3.26. The highest BCUT2D eigenvalue weighted by Crippen LogP contribution is 2.22. The zero-order valence-corrected chi connectivity index (χ0v) is 18.4. The molecular weight excluding hydrogens is 406 g/mol. The van der Waals surface area contributed by atoms with Crippen LogP contribution >= 0.6 is 0 Å². The van der Waals surface area contributed by atoms with Gasteiger partial charge in [-0.3, -0.25) is 19.6 Å². The average Bonchev–Trinajstić information content (AvgIpc) is 2.84. The lowest BCUT2D eigenvalue weighted by Gasteiger charge is -2.18.